The number of anilines is 3. The van der Waals surface area contributed by atoms with Crippen molar-refractivity contribution in [1.29, 1.82) is 0 Å². The molecule has 1 aromatic heterocycles. The minimum Gasteiger partial charge on any atom is -0.391 e. The zero-order valence-electron chi connectivity index (χ0n) is 20.1. The first-order valence-electron chi connectivity index (χ1n) is 11.6. The average Bonchev–Trinajstić information content (AvgIpc) is 3.46. The van der Waals surface area contributed by atoms with Gasteiger partial charge in [0.25, 0.3) is 0 Å². The van der Waals surface area contributed by atoms with Crippen LogP contribution in [0.3, 0.4) is 0 Å². The summed E-state index contributed by atoms with van der Waals surface area (Å²) in [7, 11) is 1.81. The number of nitrogens with one attached hydrogen (secondary N) is 2. The summed E-state index contributed by atoms with van der Waals surface area (Å²) in [6, 6.07) is 15.8. The van der Waals surface area contributed by atoms with E-state index in [-0.39, 0.29) is 11.9 Å². The normalized spacial score (nSPS) is 21.1. The lowest BCUT2D eigenvalue weighted by molar-refractivity contribution is -0.119. The summed E-state index contributed by atoms with van der Waals surface area (Å²) in [5, 5.41) is 21.2. The number of rotatable bonds is 5. The standard InChI is InChI=1S/C26H29N7O2/c1-5-27-22(33-15-18(34)14-21(33)16-9-7-6-8-10-16)23-30-25(31-32(23)4)28-17-11-12-19-20(13-17)29-24(35)26(19,2)3/h5-13,18,21,34H,1,14-15H2,2-4H3,(H,28,31)(H,29,35)/b27-22+/t18-,21-/m1/s1. The molecule has 2 aliphatic heterocycles. The van der Waals surface area contributed by atoms with Crippen LogP contribution in [0.15, 0.2) is 66.3 Å². The fraction of sp³-hybridized carbons (Fsp3) is 0.308. The van der Waals surface area contributed by atoms with Crippen LogP contribution in [0.2, 0.25) is 0 Å². The highest BCUT2D eigenvalue weighted by molar-refractivity contribution is 6.06. The van der Waals surface area contributed by atoms with Crippen molar-refractivity contribution in [3.05, 3.63) is 78.3 Å². The van der Waals surface area contributed by atoms with Crippen LogP contribution in [0.5, 0.6) is 0 Å². The molecular weight excluding hydrogens is 442 g/mol. The molecule has 3 aromatic rings. The third-order valence-electron chi connectivity index (χ3n) is 6.68. The molecule has 2 atom stereocenters. The molecule has 9 nitrogen and oxygen atoms in total. The first kappa shape index (κ1) is 22.8. The monoisotopic (exact) mass is 471 g/mol. The van der Waals surface area contributed by atoms with Gasteiger partial charge < -0.3 is 20.6 Å². The molecule has 1 fully saturated rings. The number of carbonyl (C=O) groups excluding carboxylic acids is 1. The van der Waals surface area contributed by atoms with Gasteiger partial charge in [-0.05, 0) is 43.5 Å². The van der Waals surface area contributed by atoms with Gasteiger partial charge in [0.05, 0.1) is 17.6 Å². The van der Waals surface area contributed by atoms with E-state index in [2.05, 4.69) is 44.3 Å². The van der Waals surface area contributed by atoms with Gasteiger partial charge in [-0.3, -0.25) is 4.79 Å². The number of nitrogens with zero attached hydrogens (tertiary/aromatic N) is 5. The lowest BCUT2D eigenvalue weighted by Gasteiger charge is -2.27. The number of carbonyl (C=O) groups is 1. The molecule has 0 aliphatic carbocycles. The predicted molar refractivity (Wildman–Crippen MR) is 136 cm³/mol. The number of aliphatic hydroxyl groups is 1. The second-order valence-electron chi connectivity index (χ2n) is 9.45. The highest BCUT2D eigenvalue weighted by Crippen LogP contribution is 2.39. The van der Waals surface area contributed by atoms with Gasteiger partial charge in [-0.25, -0.2) is 9.67 Å². The van der Waals surface area contributed by atoms with Gasteiger partial charge in [0.15, 0.2) is 11.7 Å². The molecule has 0 radical (unpaired) electrons. The molecule has 180 valence electrons. The second kappa shape index (κ2) is 8.66. The summed E-state index contributed by atoms with van der Waals surface area (Å²) in [5.74, 6) is 1.53. The molecule has 5 rings (SSSR count). The van der Waals surface area contributed by atoms with E-state index >= 15 is 0 Å². The maximum Gasteiger partial charge on any atom is 0.247 e. The van der Waals surface area contributed by atoms with Crippen molar-refractivity contribution in [3.8, 4) is 0 Å². The summed E-state index contributed by atoms with van der Waals surface area (Å²) in [6.45, 7) is 8.04. The first-order chi connectivity index (χ1) is 16.8. The fourth-order valence-electron chi connectivity index (χ4n) is 4.82. The maximum atomic E-state index is 12.3. The molecule has 2 aliphatic rings. The fourth-order valence-corrected chi connectivity index (χ4v) is 4.82. The molecule has 0 unspecified atom stereocenters. The number of aromatic nitrogens is 3. The van der Waals surface area contributed by atoms with Crippen LogP contribution in [0, 0.1) is 0 Å². The molecule has 3 heterocycles. The lowest BCUT2D eigenvalue weighted by atomic mass is 9.86. The Hall–Kier alpha value is -3.98. The summed E-state index contributed by atoms with van der Waals surface area (Å²) in [5.41, 5.74) is 3.05. The van der Waals surface area contributed by atoms with E-state index in [1.54, 1.807) is 4.68 Å². The number of β-amino-alcohol motifs (C(OH)–C–C–N with tert-alkyl or cyclic N) is 1. The van der Waals surface area contributed by atoms with E-state index in [4.69, 9.17) is 4.98 Å². The third-order valence-corrected chi connectivity index (χ3v) is 6.68. The maximum absolute atomic E-state index is 12.3. The minimum atomic E-state index is -0.560. The molecule has 0 spiro atoms. The second-order valence-corrected chi connectivity index (χ2v) is 9.45. The van der Waals surface area contributed by atoms with Crippen LogP contribution < -0.4 is 10.6 Å². The molecule has 35 heavy (non-hydrogen) atoms. The van der Waals surface area contributed by atoms with Gasteiger partial charge in [-0.2, -0.15) is 4.98 Å². The summed E-state index contributed by atoms with van der Waals surface area (Å²) < 4.78 is 1.66. The van der Waals surface area contributed by atoms with Crippen molar-refractivity contribution >= 4 is 29.1 Å². The molecule has 9 heteroatoms. The van der Waals surface area contributed by atoms with E-state index in [9.17, 15) is 9.90 Å². The topological polar surface area (TPSA) is 108 Å². The van der Waals surface area contributed by atoms with Gasteiger partial charge >= 0.3 is 0 Å². The van der Waals surface area contributed by atoms with Crippen LogP contribution in [-0.4, -0.2) is 49.2 Å². The number of aliphatic imine (C=N–C) groups is 1. The quantitative estimate of drug-likeness (QED) is 0.388. The number of amidine groups is 1. The number of hydrogen-bond donors (Lipinski definition) is 3. The van der Waals surface area contributed by atoms with Gasteiger partial charge in [0.1, 0.15) is 0 Å². The highest BCUT2D eigenvalue weighted by Gasteiger charge is 2.38. The Balaban J connectivity index is 1.44. The molecule has 1 saturated heterocycles. The number of aryl methyl sites for hydroxylation is 1. The van der Waals surface area contributed by atoms with Gasteiger partial charge in [-0.15, -0.1) is 5.10 Å². The molecule has 2 aromatic carbocycles. The van der Waals surface area contributed by atoms with Crippen LogP contribution >= 0.6 is 0 Å². The molecule has 0 saturated carbocycles. The highest BCUT2D eigenvalue weighted by atomic mass is 16.3. The van der Waals surface area contributed by atoms with Gasteiger partial charge in [0, 0.05) is 31.2 Å². The van der Waals surface area contributed by atoms with Crippen LogP contribution in [0.1, 0.15) is 43.3 Å². The molecular formula is C26H29N7O2. The van der Waals surface area contributed by atoms with Gasteiger partial charge in [-0.1, -0.05) is 43.0 Å². The van der Waals surface area contributed by atoms with Crippen LogP contribution in [0.25, 0.3) is 0 Å². The summed E-state index contributed by atoms with van der Waals surface area (Å²) in [6.07, 6.45) is 1.60. The van der Waals surface area contributed by atoms with Gasteiger partial charge in [0.2, 0.25) is 11.9 Å². The first-order valence-corrected chi connectivity index (χ1v) is 11.6. The van der Waals surface area contributed by atoms with E-state index < -0.39 is 11.5 Å². The van der Waals surface area contributed by atoms with Crippen molar-refractivity contribution in [2.75, 3.05) is 17.2 Å². The van der Waals surface area contributed by atoms with Crippen molar-refractivity contribution in [1.82, 2.24) is 19.7 Å². The van der Waals surface area contributed by atoms with Crippen LogP contribution in [0.4, 0.5) is 17.3 Å². The van der Waals surface area contributed by atoms with E-state index in [0.717, 1.165) is 22.5 Å². The Labute approximate surface area is 204 Å². The number of aliphatic hydroxyl groups excluding tert-OH is 1. The number of likely N-dealkylation sites (tertiary alicyclic amines) is 1. The summed E-state index contributed by atoms with van der Waals surface area (Å²) in [4.78, 5) is 23.6. The van der Waals surface area contributed by atoms with E-state index in [0.29, 0.717) is 30.6 Å². The zero-order valence-corrected chi connectivity index (χ0v) is 20.1. The Morgan fingerprint density at radius 3 is 2.80 bits per heavy atom. The Morgan fingerprint density at radius 2 is 2.06 bits per heavy atom. The smallest absolute Gasteiger partial charge is 0.247 e. The number of fused-ring (bicyclic) bond motifs is 1. The lowest BCUT2D eigenvalue weighted by Crippen LogP contribution is -2.34. The molecule has 0 bridgehead atoms. The largest absolute Gasteiger partial charge is 0.391 e. The summed E-state index contributed by atoms with van der Waals surface area (Å²) >= 11 is 0. The third kappa shape index (κ3) is 4.08. The van der Waals surface area contributed by atoms with Crippen molar-refractivity contribution < 1.29 is 9.90 Å². The minimum absolute atomic E-state index is 0.0195. The van der Waals surface area contributed by atoms with E-state index in [1.165, 1.54) is 6.20 Å². The Morgan fingerprint density at radius 1 is 1.29 bits per heavy atom. The number of benzene rings is 2. The van der Waals surface area contributed by atoms with Crippen LogP contribution in [-0.2, 0) is 17.3 Å². The van der Waals surface area contributed by atoms with Crippen molar-refractivity contribution in [3.63, 3.8) is 0 Å². The molecule has 1 amide bonds. The molecule has 3 N–H and O–H groups in total. The van der Waals surface area contributed by atoms with Crippen molar-refractivity contribution in [2.24, 2.45) is 12.0 Å². The van der Waals surface area contributed by atoms with E-state index in [1.807, 2.05) is 57.3 Å². The van der Waals surface area contributed by atoms with Crippen molar-refractivity contribution in [2.45, 2.75) is 37.8 Å². The number of amides is 1. The Bertz CT molecular complexity index is 1310. The SMILES string of the molecule is C=C/N=C(\c1nc(Nc2ccc3c(c2)NC(=O)C3(C)C)nn1C)N1C[C@H](O)C[C@@H]1c1ccccc1. The average molecular weight is 472 g/mol. The predicted octanol–water partition coefficient (Wildman–Crippen LogP) is 3.49. The Kier molecular flexibility index (Phi) is 5.64. The zero-order chi connectivity index (χ0) is 24.7. The number of hydrogen-bond acceptors (Lipinski definition) is 6.